The Morgan fingerprint density at radius 2 is 1.64 bits per heavy atom. The Balaban J connectivity index is 1.94. The second-order valence-electron chi connectivity index (χ2n) is 7.66. The fourth-order valence-corrected chi connectivity index (χ4v) is 4.55. The van der Waals surface area contributed by atoms with Crippen LogP contribution >= 0.6 is 0 Å². The normalized spacial score (nSPS) is 14.5. The number of aryl methyl sites for hydroxylation is 1. The number of carbonyl (C=O) groups is 2. The Morgan fingerprint density at radius 3 is 2.25 bits per heavy atom. The minimum atomic E-state index is -0.321. The van der Waals surface area contributed by atoms with Crippen molar-refractivity contribution in [2.24, 2.45) is 7.05 Å². The number of methoxy groups -OCH3 is 1. The first kappa shape index (κ1) is 18.5. The third kappa shape index (κ3) is 3.03. The standard InChI is InChI=1S/C24H25NO3/c1-15(26)16-8-10-18(11-9-16)23-22(17-6-4-5-7-17)20-13-12-19(24(27)28-3)14-21(20)25(23)2/h8-14,17H,4-7H2,1-3H3. The summed E-state index contributed by atoms with van der Waals surface area (Å²) < 4.78 is 7.08. The molecule has 0 bridgehead atoms. The van der Waals surface area contributed by atoms with E-state index in [2.05, 4.69) is 17.7 Å². The molecule has 28 heavy (non-hydrogen) atoms. The van der Waals surface area contributed by atoms with Gasteiger partial charge in [0.2, 0.25) is 0 Å². The second-order valence-corrected chi connectivity index (χ2v) is 7.66. The quantitative estimate of drug-likeness (QED) is 0.447. The predicted molar refractivity (Wildman–Crippen MR) is 111 cm³/mol. The zero-order valence-corrected chi connectivity index (χ0v) is 16.6. The first-order valence-corrected chi connectivity index (χ1v) is 9.83. The molecule has 0 atom stereocenters. The van der Waals surface area contributed by atoms with E-state index in [1.807, 2.05) is 36.4 Å². The van der Waals surface area contributed by atoms with Gasteiger partial charge in [-0.3, -0.25) is 4.79 Å². The number of benzene rings is 2. The van der Waals surface area contributed by atoms with Crippen molar-refractivity contribution in [3.8, 4) is 11.3 Å². The fraction of sp³-hybridized carbons (Fsp3) is 0.333. The summed E-state index contributed by atoms with van der Waals surface area (Å²) in [7, 11) is 3.46. The molecule has 2 aromatic carbocycles. The maximum Gasteiger partial charge on any atom is 0.337 e. The third-order valence-corrected chi connectivity index (χ3v) is 5.99. The van der Waals surface area contributed by atoms with Crippen LogP contribution in [0.1, 0.15) is 64.8 Å². The van der Waals surface area contributed by atoms with Crippen LogP contribution in [0.15, 0.2) is 42.5 Å². The van der Waals surface area contributed by atoms with Crippen LogP contribution in [0, 0.1) is 0 Å². The molecular formula is C24H25NO3. The molecule has 1 aliphatic carbocycles. The van der Waals surface area contributed by atoms with Gasteiger partial charge in [0.15, 0.2) is 5.78 Å². The highest BCUT2D eigenvalue weighted by molar-refractivity contribution is 5.99. The zero-order chi connectivity index (χ0) is 19.8. The molecule has 1 heterocycles. The zero-order valence-electron chi connectivity index (χ0n) is 16.6. The first-order valence-electron chi connectivity index (χ1n) is 9.83. The molecule has 3 aromatic rings. The highest BCUT2D eigenvalue weighted by Gasteiger charge is 2.27. The summed E-state index contributed by atoms with van der Waals surface area (Å²) in [6.45, 7) is 1.59. The van der Waals surface area contributed by atoms with Crippen LogP contribution in [0.4, 0.5) is 0 Å². The number of hydrogen-bond donors (Lipinski definition) is 0. The smallest absolute Gasteiger partial charge is 0.337 e. The molecule has 4 heteroatoms. The van der Waals surface area contributed by atoms with Crippen LogP contribution in [0.5, 0.6) is 0 Å². The lowest BCUT2D eigenvalue weighted by atomic mass is 9.91. The van der Waals surface area contributed by atoms with Crippen molar-refractivity contribution in [3.05, 3.63) is 59.2 Å². The minimum Gasteiger partial charge on any atom is -0.465 e. The molecule has 144 valence electrons. The van der Waals surface area contributed by atoms with E-state index in [-0.39, 0.29) is 11.8 Å². The molecule has 0 spiro atoms. The summed E-state index contributed by atoms with van der Waals surface area (Å²) in [5, 5.41) is 1.20. The fourth-order valence-electron chi connectivity index (χ4n) is 4.55. The number of ether oxygens (including phenoxy) is 1. The van der Waals surface area contributed by atoms with Crippen molar-refractivity contribution in [2.75, 3.05) is 7.11 Å². The number of rotatable bonds is 4. The molecule has 0 unspecified atom stereocenters. The number of Topliss-reactive ketones (excluding diaryl/α,β-unsaturated/α-hetero) is 1. The van der Waals surface area contributed by atoms with Crippen molar-refractivity contribution in [2.45, 2.75) is 38.5 Å². The lowest BCUT2D eigenvalue weighted by Crippen LogP contribution is -2.01. The number of nitrogens with zero attached hydrogens (tertiary/aromatic N) is 1. The van der Waals surface area contributed by atoms with Crippen molar-refractivity contribution >= 4 is 22.7 Å². The summed E-state index contributed by atoms with van der Waals surface area (Å²) >= 11 is 0. The molecule has 0 saturated heterocycles. The lowest BCUT2D eigenvalue weighted by molar-refractivity contribution is 0.0600. The summed E-state index contributed by atoms with van der Waals surface area (Å²) in [6.07, 6.45) is 4.89. The van der Waals surface area contributed by atoms with Gasteiger partial charge in [-0.2, -0.15) is 0 Å². The third-order valence-electron chi connectivity index (χ3n) is 5.99. The Labute approximate surface area is 165 Å². The maximum absolute atomic E-state index is 12.0. The van der Waals surface area contributed by atoms with E-state index in [1.54, 1.807) is 6.92 Å². The molecule has 1 fully saturated rings. The van der Waals surface area contributed by atoms with Crippen LogP contribution in [0.2, 0.25) is 0 Å². The monoisotopic (exact) mass is 375 g/mol. The molecule has 0 aliphatic heterocycles. The minimum absolute atomic E-state index is 0.0716. The van der Waals surface area contributed by atoms with Gasteiger partial charge in [0, 0.05) is 23.5 Å². The van der Waals surface area contributed by atoms with Crippen LogP contribution in [-0.4, -0.2) is 23.4 Å². The second kappa shape index (κ2) is 7.27. The lowest BCUT2D eigenvalue weighted by Gasteiger charge is -2.14. The van der Waals surface area contributed by atoms with Crippen LogP contribution in [-0.2, 0) is 11.8 Å². The highest BCUT2D eigenvalue weighted by Crippen LogP contribution is 2.44. The Kier molecular flexibility index (Phi) is 4.80. The van der Waals surface area contributed by atoms with Crippen LogP contribution in [0.3, 0.4) is 0 Å². The van der Waals surface area contributed by atoms with Gasteiger partial charge in [0.05, 0.1) is 18.4 Å². The maximum atomic E-state index is 12.0. The number of esters is 1. The molecule has 4 nitrogen and oxygen atoms in total. The Hall–Kier alpha value is -2.88. The van der Waals surface area contributed by atoms with Crippen molar-refractivity contribution < 1.29 is 14.3 Å². The highest BCUT2D eigenvalue weighted by atomic mass is 16.5. The number of fused-ring (bicyclic) bond motifs is 1. The first-order chi connectivity index (χ1) is 13.5. The predicted octanol–water partition coefficient (Wildman–Crippen LogP) is 5.49. The van der Waals surface area contributed by atoms with Gasteiger partial charge in [0.25, 0.3) is 0 Å². The van der Waals surface area contributed by atoms with E-state index in [1.165, 1.54) is 49.4 Å². The molecule has 1 saturated carbocycles. The molecular weight excluding hydrogens is 350 g/mol. The van der Waals surface area contributed by atoms with Gasteiger partial charge in [-0.1, -0.05) is 43.2 Å². The molecule has 4 rings (SSSR count). The van der Waals surface area contributed by atoms with Crippen LogP contribution in [0.25, 0.3) is 22.2 Å². The van der Waals surface area contributed by atoms with Gasteiger partial charge >= 0.3 is 5.97 Å². The van der Waals surface area contributed by atoms with E-state index in [0.29, 0.717) is 11.5 Å². The summed E-state index contributed by atoms with van der Waals surface area (Å²) in [4.78, 5) is 23.7. The van der Waals surface area contributed by atoms with Gasteiger partial charge < -0.3 is 9.30 Å². The average Bonchev–Trinajstić information content (AvgIpc) is 3.33. The molecule has 0 N–H and O–H groups in total. The van der Waals surface area contributed by atoms with Gasteiger partial charge in [-0.15, -0.1) is 0 Å². The topological polar surface area (TPSA) is 48.3 Å². The van der Waals surface area contributed by atoms with Gasteiger partial charge in [0.1, 0.15) is 0 Å². The van der Waals surface area contributed by atoms with Crippen LogP contribution < -0.4 is 0 Å². The van der Waals surface area contributed by atoms with E-state index in [4.69, 9.17) is 4.74 Å². The van der Waals surface area contributed by atoms with Gasteiger partial charge in [-0.05, 0) is 48.9 Å². The van der Waals surface area contributed by atoms with Crippen molar-refractivity contribution in [1.82, 2.24) is 4.57 Å². The summed E-state index contributed by atoms with van der Waals surface area (Å²) in [5.74, 6) is 0.273. The average molecular weight is 375 g/mol. The number of hydrogen-bond acceptors (Lipinski definition) is 3. The van der Waals surface area contributed by atoms with Gasteiger partial charge in [-0.25, -0.2) is 4.79 Å². The SMILES string of the molecule is COC(=O)c1ccc2c(C3CCCC3)c(-c3ccc(C(C)=O)cc3)n(C)c2c1. The van der Waals surface area contributed by atoms with E-state index < -0.39 is 0 Å². The Morgan fingerprint density at radius 1 is 1.00 bits per heavy atom. The molecule has 1 aromatic heterocycles. The summed E-state index contributed by atoms with van der Waals surface area (Å²) in [6, 6.07) is 13.7. The molecule has 0 amide bonds. The van der Waals surface area contributed by atoms with E-state index in [9.17, 15) is 9.59 Å². The van der Waals surface area contributed by atoms with Crippen molar-refractivity contribution in [1.29, 1.82) is 0 Å². The summed E-state index contributed by atoms with van der Waals surface area (Å²) in [5.41, 5.74) is 5.96. The van der Waals surface area contributed by atoms with E-state index in [0.717, 1.165) is 16.6 Å². The molecule has 0 radical (unpaired) electrons. The van der Waals surface area contributed by atoms with Crippen molar-refractivity contribution in [3.63, 3.8) is 0 Å². The number of aromatic nitrogens is 1. The largest absolute Gasteiger partial charge is 0.465 e. The Bertz CT molecular complexity index is 1050. The van der Waals surface area contributed by atoms with E-state index >= 15 is 0 Å². The number of ketones is 1. The number of carbonyl (C=O) groups excluding carboxylic acids is 2. The molecule has 1 aliphatic rings.